The lowest BCUT2D eigenvalue weighted by Crippen LogP contribution is -2.48. The summed E-state index contributed by atoms with van der Waals surface area (Å²) in [5.74, 6) is -2.81. The second-order valence-electron chi connectivity index (χ2n) is 6.84. The van der Waals surface area contributed by atoms with Crippen molar-refractivity contribution in [1.29, 1.82) is 0 Å². The lowest BCUT2D eigenvalue weighted by Gasteiger charge is -2.29. The van der Waals surface area contributed by atoms with Crippen molar-refractivity contribution >= 4 is 17.8 Å². The number of carboxylic acid groups (broad SMARTS) is 1. The first-order valence-corrected chi connectivity index (χ1v) is 9.04. The number of hydrogen-bond acceptors (Lipinski definition) is 4. The van der Waals surface area contributed by atoms with Gasteiger partial charge in [0.15, 0.2) is 0 Å². The van der Waals surface area contributed by atoms with Crippen molar-refractivity contribution in [3.63, 3.8) is 0 Å². The number of hydrogen-bond donors (Lipinski definition) is 3. The molecular formula is C20H26N2O5. The highest BCUT2D eigenvalue weighted by molar-refractivity contribution is 5.96. The van der Waals surface area contributed by atoms with E-state index in [-0.39, 0.29) is 0 Å². The number of nitrogens with one attached hydrogen (secondary N) is 2. The van der Waals surface area contributed by atoms with E-state index in [0.29, 0.717) is 30.8 Å². The zero-order chi connectivity index (χ0) is 20.0. The van der Waals surface area contributed by atoms with E-state index >= 15 is 0 Å². The van der Waals surface area contributed by atoms with Crippen LogP contribution in [0.5, 0.6) is 5.75 Å². The Labute approximate surface area is 158 Å². The van der Waals surface area contributed by atoms with Crippen LogP contribution in [0.25, 0.3) is 0 Å². The van der Waals surface area contributed by atoms with Gasteiger partial charge in [-0.05, 0) is 57.4 Å². The molecule has 2 rings (SSSR count). The molecule has 2 atom stereocenters. The van der Waals surface area contributed by atoms with Gasteiger partial charge in [0.2, 0.25) is 5.91 Å². The molecule has 0 spiro atoms. The Morgan fingerprint density at radius 2 is 1.63 bits per heavy atom. The average Bonchev–Trinajstić information content (AvgIpc) is 2.66. The Morgan fingerprint density at radius 3 is 2.19 bits per heavy atom. The van der Waals surface area contributed by atoms with E-state index in [1.807, 2.05) is 20.8 Å². The van der Waals surface area contributed by atoms with Crippen LogP contribution in [0, 0.1) is 11.8 Å². The predicted octanol–water partition coefficient (Wildman–Crippen LogP) is 2.68. The highest BCUT2D eigenvalue weighted by atomic mass is 16.5. The van der Waals surface area contributed by atoms with Gasteiger partial charge in [0.1, 0.15) is 5.75 Å². The van der Waals surface area contributed by atoms with Crippen LogP contribution in [0.1, 0.15) is 50.4 Å². The summed E-state index contributed by atoms with van der Waals surface area (Å²) in [5, 5.41) is 9.40. The number of aliphatic carboxylic acids is 1. The third-order valence-electron chi connectivity index (χ3n) is 4.81. The minimum Gasteiger partial charge on any atom is -0.494 e. The fourth-order valence-corrected chi connectivity index (χ4v) is 3.03. The van der Waals surface area contributed by atoms with Crippen LogP contribution in [-0.2, 0) is 9.59 Å². The summed E-state index contributed by atoms with van der Waals surface area (Å²) in [7, 11) is 0. The number of allylic oxidation sites excluding steroid dienone is 2. The highest BCUT2D eigenvalue weighted by Gasteiger charge is 2.37. The lowest BCUT2D eigenvalue weighted by atomic mass is 9.76. The lowest BCUT2D eigenvalue weighted by molar-refractivity contribution is -0.147. The molecule has 0 aliphatic heterocycles. The van der Waals surface area contributed by atoms with Crippen molar-refractivity contribution < 1.29 is 24.2 Å². The minimum absolute atomic E-state index is 0.340. The summed E-state index contributed by atoms with van der Waals surface area (Å²) in [4.78, 5) is 36.1. The quantitative estimate of drug-likeness (QED) is 0.524. The maximum Gasteiger partial charge on any atom is 0.307 e. The first-order valence-electron chi connectivity index (χ1n) is 9.04. The van der Waals surface area contributed by atoms with Crippen LogP contribution in [0.2, 0.25) is 0 Å². The molecule has 146 valence electrons. The molecule has 0 fully saturated rings. The van der Waals surface area contributed by atoms with E-state index < -0.39 is 29.6 Å². The zero-order valence-corrected chi connectivity index (χ0v) is 15.9. The SMILES string of the molecule is CCCOc1ccc(C(=O)NNC(=O)[C@H]2CC(C)=C(C)C[C@H]2C(=O)O)cc1. The van der Waals surface area contributed by atoms with E-state index in [9.17, 15) is 19.5 Å². The molecule has 0 unspecified atom stereocenters. The maximum atomic E-state index is 12.4. The number of carbonyl (C=O) groups is 3. The van der Waals surface area contributed by atoms with Crippen LogP contribution < -0.4 is 15.6 Å². The van der Waals surface area contributed by atoms with Gasteiger partial charge in [0.25, 0.3) is 5.91 Å². The van der Waals surface area contributed by atoms with Gasteiger partial charge < -0.3 is 9.84 Å². The average molecular weight is 374 g/mol. The smallest absolute Gasteiger partial charge is 0.307 e. The van der Waals surface area contributed by atoms with E-state index in [4.69, 9.17) is 4.74 Å². The summed E-state index contributed by atoms with van der Waals surface area (Å²) in [6.45, 7) is 6.38. The van der Waals surface area contributed by atoms with Gasteiger partial charge in [-0.2, -0.15) is 0 Å². The Bertz CT molecular complexity index is 739. The molecule has 3 N–H and O–H groups in total. The fraction of sp³-hybridized carbons (Fsp3) is 0.450. The Hall–Kier alpha value is -2.83. The predicted molar refractivity (Wildman–Crippen MR) is 100 cm³/mol. The molecule has 27 heavy (non-hydrogen) atoms. The number of carbonyl (C=O) groups excluding carboxylic acids is 2. The molecule has 7 nitrogen and oxygen atoms in total. The van der Waals surface area contributed by atoms with E-state index in [1.54, 1.807) is 24.3 Å². The zero-order valence-electron chi connectivity index (χ0n) is 15.9. The van der Waals surface area contributed by atoms with E-state index in [2.05, 4.69) is 10.9 Å². The third kappa shape index (κ3) is 5.32. The number of ether oxygens (including phenoxy) is 1. The van der Waals surface area contributed by atoms with E-state index in [0.717, 1.165) is 17.6 Å². The van der Waals surface area contributed by atoms with Crippen molar-refractivity contribution in [2.45, 2.75) is 40.0 Å². The second kappa shape index (κ2) is 9.21. The molecule has 0 radical (unpaired) electrons. The summed E-state index contributed by atoms with van der Waals surface area (Å²) in [5.41, 5.74) is 7.10. The molecule has 7 heteroatoms. The molecule has 1 aliphatic rings. The van der Waals surface area contributed by atoms with Crippen LogP contribution in [0.4, 0.5) is 0 Å². The number of amides is 2. The number of hydrazine groups is 1. The molecule has 0 heterocycles. The van der Waals surface area contributed by atoms with Crippen LogP contribution in [0.15, 0.2) is 35.4 Å². The summed E-state index contributed by atoms with van der Waals surface area (Å²) in [6, 6.07) is 6.57. The molecule has 1 aromatic carbocycles. The molecule has 0 bridgehead atoms. The Morgan fingerprint density at radius 1 is 1.04 bits per heavy atom. The molecule has 0 saturated carbocycles. The first-order chi connectivity index (χ1) is 12.8. The topological polar surface area (TPSA) is 105 Å². The molecule has 1 aromatic rings. The van der Waals surface area contributed by atoms with E-state index in [1.165, 1.54) is 0 Å². The van der Waals surface area contributed by atoms with Gasteiger partial charge in [0.05, 0.1) is 18.4 Å². The first kappa shape index (κ1) is 20.5. The third-order valence-corrected chi connectivity index (χ3v) is 4.81. The van der Waals surface area contributed by atoms with Crippen LogP contribution in [0.3, 0.4) is 0 Å². The van der Waals surface area contributed by atoms with Crippen molar-refractivity contribution in [1.82, 2.24) is 10.9 Å². The van der Waals surface area contributed by atoms with Crippen molar-refractivity contribution in [3.8, 4) is 5.75 Å². The van der Waals surface area contributed by atoms with Gasteiger partial charge in [-0.1, -0.05) is 18.1 Å². The van der Waals surface area contributed by atoms with Gasteiger partial charge in [-0.3, -0.25) is 25.2 Å². The summed E-state index contributed by atoms with van der Waals surface area (Å²) < 4.78 is 5.46. The Balaban J connectivity index is 1.95. The molecule has 1 aliphatic carbocycles. The minimum atomic E-state index is -1.00. The molecular weight excluding hydrogens is 348 g/mol. The standard InChI is InChI=1S/C20H26N2O5/c1-4-9-27-15-7-5-14(6-8-15)18(23)21-22-19(24)16-10-12(2)13(3)11-17(16)20(25)26/h5-8,16-17H,4,9-11H2,1-3H3,(H,21,23)(H,22,24)(H,25,26)/t16-,17+/m0/s1. The van der Waals surface area contributed by atoms with Crippen LogP contribution >= 0.6 is 0 Å². The molecule has 0 saturated heterocycles. The van der Waals surface area contributed by atoms with Gasteiger partial charge in [-0.25, -0.2) is 0 Å². The summed E-state index contributed by atoms with van der Waals surface area (Å²) >= 11 is 0. The monoisotopic (exact) mass is 374 g/mol. The largest absolute Gasteiger partial charge is 0.494 e. The van der Waals surface area contributed by atoms with Crippen molar-refractivity contribution in [2.75, 3.05) is 6.61 Å². The van der Waals surface area contributed by atoms with Gasteiger partial charge in [-0.15, -0.1) is 0 Å². The van der Waals surface area contributed by atoms with Gasteiger partial charge in [0, 0.05) is 5.56 Å². The normalized spacial score (nSPS) is 19.4. The van der Waals surface area contributed by atoms with Crippen molar-refractivity contribution in [3.05, 3.63) is 41.0 Å². The number of carboxylic acids is 1. The Kier molecular flexibility index (Phi) is 6.98. The fourth-order valence-electron chi connectivity index (χ4n) is 3.03. The van der Waals surface area contributed by atoms with Crippen LogP contribution in [-0.4, -0.2) is 29.5 Å². The molecule has 2 amide bonds. The summed E-state index contributed by atoms with van der Waals surface area (Å²) in [6.07, 6.45) is 1.60. The van der Waals surface area contributed by atoms with Crippen molar-refractivity contribution in [2.24, 2.45) is 11.8 Å². The molecule has 0 aromatic heterocycles. The number of benzene rings is 1. The van der Waals surface area contributed by atoms with Gasteiger partial charge >= 0.3 is 5.97 Å². The highest BCUT2D eigenvalue weighted by Crippen LogP contribution is 2.34. The maximum absolute atomic E-state index is 12.4. The number of rotatable bonds is 6. The second-order valence-corrected chi connectivity index (χ2v) is 6.84.